The Morgan fingerprint density at radius 1 is 0.972 bits per heavy atom. The summed E-state index contributed by atoms with van der Waals surface area (Å²) in [6.07, 6.45) is 3.49. The van der Waals surface area contributed by atoms with Gasteiger partial charge < -0.3 is 4.52 Å². The molecule has 1 N–H and O–H groups in total. The Bertz CT molecular complexity index is 1650. The summed E-state index contributed by atoms with van der Waals surface area (Å²) in [5.41, 5.74) is 5.13. The fraction of sp³-hybridized carbons (Fsp3) is 0.269. The van der Waals surface area contributed by atoms with E-state index in [4.69, 9.17) is 4.52 Å². The van der Waals surface area contributed by atoms with Gasteiger partial charge in [-0.2, -0.15) is 4.63 Å². The molecule has 186 valence electrons. The number of hydrogen-bond donors (Lipinski definition) is 1. The third kappa shape index (κ3) is 4.17. The summed E-state index contributed by atoms with van der Waals surface area (Å²) in [7, 11) is -4.05. The zero-order valence-electron chi connectivity index (χ0n) is 20.7. The van der Waals surface area contributed by atoms with Gasteiger partial charge in [0, 0.05) is 29.3 Å². The summed E-state index contributed by atoms with van der Waals surface area (Å²) in [5, 5.41) is 8.53. The van der Waals surface area contributed by atoms with Gasteiger partial charge in [0.15, 0.2) is 11.5 Å². The standard InChI is InChI=1S/C26H28N6O3S/c1-5-19-15-31(32-25(19)27-23(6-2)28-32)16-21-13-10-14-22(20-11-8-7-9-12-20)24(21)36(33,34)30-26-17(3)18(4)29-35-26/h7-15,30H,5-6,16H2,1-4H3. The number of hydrogen-bond acceptors (Lipinski definition) is 6. The van der Waals surface area contributed by atoms with E-state index in [1.54, 1.807) is 18.5 Å². The fourth-order valence-electron chi connectivity index (χ4n) is 4.26. The van der Waals surface area contributed by atoms with Gasteiger partial charge in [-0.15, -0.1) is 5.10 Å². The van der Waals surface area contributed by atoms with Gasteiger partial charge in [0.2, 0.25) is 5.88 Å². The minimum absolute atomic E-state index is 0.113. The second-order valence-electron chi connectivity index (χ2n) is 8.69. The predicted octanol–water partition coefficient (Wildman–Crippen LogP) is 4.78. The quantitative estimate of drug-likeness (QED) is 0.326. The normalized spacial score (nSPS) is 11.9. The SMILES string of the molecule is CCc1nc2c(CC)cn(Cc3cccc(-c4ccccc4)c3S(=O)(=O)Nc3onc(C)c3C)n2n1. The Morgan fingerprint density at radius 2 is 1.75 bits per heavy atom. The van der Waals surface area contributed by atoms with Gasteiger partial charge in [-0.3, -0.25) is 4.68 Å². The number of aromatic nitrogens is 5. The largest absolute Gasteiger partial charge is 0.337 e. The van der Waals surface area contributed by atoms with Crippen molar-refractivity contribution in [2.24, 2.45) is 0 Å². The molecule has 0 aliphatic heterocycles. The molecule has 5 aromatic rings. The summed E-state index contributed by atoms with van der Waals surface area (Å²) in [5.74, 6) is 0.861. The molecule has 2 aromatic carbocycles. The predicted molar refractivity (Wildman–Crippen MR) is 137 cm³/mol. The van der Waals surface area contributed by atoms with Gasteiger partial charge in [-0.1, -0.05) is 67.5 Å². The first-order valence-corrected chi connectivity index (χ1v) is 13.4. The molecule has 3 heterocycles. The van der Waals surface area contributed by atoms with Gasteiger partial charge in [-0.05, 0) is 31.4 Å². The Hall–Kier alpha value is -3.92. The van der Waals surface area contributed by atoms with Crippen LogP contribution in [-0.2, 0) is 29.4 Å². The molecule has 0 radical (unpaired) electrons. The van der Waals surface area contributed by atoms with E-state index < -0.39 is 10.0 Å². The van der Waals surface area contributed by atoms with Crippen LogP contribution in [0.15, 0.2) is 64.1 Å². The molecular weight excluding hydrogens is 476 g/mol. The third-order valence-electron chi connectivity index (χ3n) is 6.33. The maximum absolute atomic E-state index is 13.9. The molecule has 9 nitrogen and oxygen atoms in total. The molecule has 3 aromatic heterocycles. The van der Waals surface area contributed by atoms with E-state index in [0.29, 0.717) is 28.8 Å². The molecule has 0 aliphatic rings. The molecule has 0 fully saturated rings. The van der Waals surface area contributed by atoms with Crippen LogP contribution in [0.2, 0.25) is 0 Å². The summed E-state index contributed by atoms with van der Waals surface area (Å²) in [4.78, 5) is 4.83. The average Bonchev–Trinajstić information content (AvgIpc) is 3.54. The van der Waals surface area contributed by atoms with Crippen molar-refractivity contribution in [1.82, 2.24) is 24.6 Å². The van der Waals surface area contributed by atoms with Crippen LogP contribution in [0.3, 0.4) is 0 Å². The molecular formula is C26H28N6O3S. The molecule has 10 heteroatoms. The second kappa shape index (κ2) is 9.27. The molecule has 0 saturated heterocycles. The van der Waals surface area contributed by atoms with E-state index >= 15 is 0 Å². The van der Waals surface area contributed by atoms with Crippen molar-refractivity contribution in [3.05, 3.63) is 82.9 Å². The highest BCUT2D eigenvalue weighted by Crippen LogP contribution is 2.33. The maximum atomic E-state index is 13.9. The smallest absolute Gasteiger partial charge is 0.265 e. The molecule has 36 heavy (non-hydrogen) atoms. The van der Waals surface area contributed by atoms with E-state index in [9.17, 15) is 8.42 Å². The lowest BCUT2D eigenvalue weighted by Gasteiger charge is -2.17. The number of anilines is 1. The zero-order valence-corrected chi connectivity index (χ0v) is 21.5. The number of benzene rings is 2. The van der Waals surface area contributed by atoms with Crippen LogP contribution in [-0.4, -0.2) is 33.0 Å². The summed E-state index contributed by atoms with van der Waals surface area (Å²) < 4.78 is 39.4. The number of rotatable bonds is 8. The molecule has 0 atom stereocenters. The molecule has 0 bridgehead atoms. The van der Waals surface area contributed by atoms with Gasteiger partial charge >= 0.3 is 0 Å². The minimum atomic E-state index is -4.05. The van der Waals surface area contributed by atoms with Gasteiger partial charge in [0.25, 0.3) is 10.0 Å². The summed E-state index contributed by atoms with van der Waals surface area (Å²) >= 11 is 0. The van der Waals surface area contributed by atoms with E-state index in [0.717, 1.165) is 29.0 Å². The maximum Gasteiger partial charge on any atom is 0.265 e. The lowest BCUT2D eigenvalue weighted by atomic mass is 10.0. The molecule has 0 saturated carbocycles. The number of nitrogens with zero attached hydrogens (tertiary/aromatic N) is 5. The second-order valence-corrected chi connectivity index (χ2v) is 10.3. The van der Waals surface area contributed by atoms with Crippen molar-refractivity contribution in [3.8, 4) is 11.1 Å². The Kier molecular flexibility index (Phi) is 6.13. The Balaban J connectivity index is 1.68. The topological polar surface area (TPSA) is 107 Å². The first kappa shape index (κ1) is 23.8. The zero-order chi connectivity index (χ0) is 25.4. The average molecular weight is 505 g/mol. The van der Waals surface area contributed by atoms with Crippen LogP contribution in [0.5, 0.6) is 0 Å². The van der Waals surface area contributed by atoms with Gasteiger partial charge in [-0.25, -0.2) is 18.1 Å². The summed E-state index contributed by atoms with van der Waals surface area (Å²) in [6.45, 7) is 7.90. The van der Waals surface area contributed by atoms with Crippen LogP contribution in [0, 0.1) is 13.8 Å². The van der Waals surface area contributed by atoms with Crippen LogP contribution in [0.4, 0.5) is 5.88 Å². The van der Waals surface area contributed by atoms with Crippen molar-refractivity contribution < 1.29 is 12.9 Å². The highest BCUT2D eigenvalue weighted by Gasteiger charge is 2.27. The highest BCUT2D eigenvalue weighted by atomic mass is 32.2. The van der Waals surface area contributed by atoms with Crippen molar-refractivity contribution in [1.29, 1.82) is 0 Å². The number of aryl methyl sites for hydroxylation is 3. The van der Waals surface area contributed by atoms with Crippen LogP contribution in [0.25, 0.3) is 16.8 Å². The van der Waals surface area contributed by atoms with Crippen LogP contribution in [0.1, 0.15) is 42.1 Å². The number of sulfonamides is 1. The molecule has 5 rings (SSSR count). The van der Waals surface area contributed by atoms with Gasteiger partial charge in [0.1, 0.15) is 4.90 Å². The first-order chi connectivity index (χ1) is 17.3. The first-order valence-electron chi connectivity index (χ1n) is 11.9. The van der Waals surface area contributed by atoms with E-state index in [2.05, 4.69) is 26.9 Å². The molecule has 0 spiro atoms. The van der Waals surface area contributed by atoms with E-state index in [1.165, 1.54) is 0 Å². The van der Waals surface area contributed by atoms with Crippen LogP contribution >= 0.6 is 0 Å². The molecule has 0 unspecified atom stereocenters. The van der Waals surface area contributed by atoms with Crippen LogP contribution < -0.4 is 4.72 Å². The fourth-order valence-corrected chi connectivity index (χ4v) is 5.75. The summed E-state index contributed by atoms with van der Waals surface area (Å²) in [6, 6.07) is 15.0. The van der Waals surface area contributed by atoms with Crippen molar-refractivity contribution >= 4 is 21.6 Å². The monoisotopic (exact) mass is 504 g/mol. The number of fused-ring (bicyclic) bond motifs is 1. The minimum Gasteiger partial charge on any atom is -0.337 e. The molecule has 0 amide bonds. The molecule has 0 aliphatic carbocycles. The van der Waals surface area contributed by atoms with E-state index in [-0.39, 0.29) is 17.3 Å². The lowest BCUT2D eigenvalue weighted by molar-refractivity contribution is 0.430. The van der Waals surface area contributed by atoms with Crippen molar-refractivity contribution in [2.75, 3.05) is 4.72 Å². The number of nitrogens with one attached hydrogen (secondary N) is 1. The van der Waals surface area contributed by atoms with Gasteiger partial charge in [0.05, 0.1) is 12.2 Å². The lowest BCUT2D eigenvalue weighted by Crippen LogP contribution is -2.18. The Labute approximate surface area is 209 Å². The third-order valence-corrected chi connectivity index (χ3v) is 7.81. The van der Waals surface area contributed by atoms with E-state index in [1.807, 2.05) is 66.3 Å². The Morgan fingerprint density at radius 3 is 2.42 bits per heavy atom. The van der Waals surface area contributed by atoms with Crippen molar-refractivity contribution in [2.45, 2.75) is 52.0 Å². The highest BCUT2D eigenvalue weighted by molar-refractivity contribution is 7.93. The van der Waals surface area contributed by atoms with Crippen molar-refractivity contribution in [3.63, 3.8) is 0 Å².